The molecule has 1 aromatic carbocycles. The van der Waals surface area contributed by atoms with Crippen molar-refractivity contribution in [1.29, 1.82) is 5.26 Å². The van der Waals surface area contributed by atoms with Crippen LogP contribution in [0.2, 0.25) is 5.02 Å². The molecule has 1 aromatic rings. The van der Waals surface area contributed by atoms with E-state index in [-0.39, 0.29) is 11.7 Å². The normalized spacial score (nSPS) is 21.8. The van der Waals surface area contributed by atoms with Crippen LogP contribution in [0.25, 0.3) is 0 Å². The molecule has 0 aromatic heterocycles. The van der Waals surface area contributed by atoms with Gasteiger partial charge in [-0.1, -0.05) is 23.7 Å². The van der Waals surface area contributed by atoms with E-state index in [9.17, 15) is 10.1 Å². The molecular weight excluding hydrogens is 284 g/mol. The highest BCUT2D eigenvalue weighted by Crippen LogP contribution is 2.41. The van der Waals surface area contributed by atoms with Crippen LogP contribution < -0.4 is 5.32 Å². The van der Waals surface area contributed by atoms with Crippen molar-refractivity contribution in [3.05, 3.63) is 57.4 Å². The molecule has 2 aliphatic rings. The first-order chi connectivity index (χ1) is 10.1. The Morgan fingerprint density at radius 2 is 2.00 bits per heavy atom. The number of carbonyl (C=O) groups excluding carboxylic acids is 1. The van der Waals surface area contributed by atoms with E-state index in [0.29, 0.717) is 17.0 Å². The van der Waals surface area contributed by atoms with Gasteiger partial charge in [-0.3, -0.25) is 4.79 Å². The molecule has 1 atom stereocenters. The zero-order valence-electron chi connectivity index (χ0n) is 11.7. The summed E-state index contributed by atoms with van der Waals surface area (Å²) in [6, 6.07) is 9.67. The maximum atomic E-state index is 12.4. The molecule has 3 rings (SSSR count). The molecule has 0 fully saturated rings. The molecule has 1 unspecified atom stereocenters. The van der Waals surface area contributed by atoms with Crippen LogP contribution in [0.5, 0.6) is 0 Å². The fraction of sp³-hybridized carbons (Fsp3) is 0.294. The molecule has 1 heterocycles. The molecule has 21 heavy (non-hydrogen) atoms. The first-order valence-corrected chi connectivity index (χ1v) is 7.39. The topological polar surface area (TPSA) is 52.9 Å². The molecule has 1 aliphatic carbocycles. The number of nitrogens with one attached hydrogen (secondary N) is 1. The van der Waals surface area contributed by atoms with Crippen molar-refractivity contribution in [3.8, 4) is 6.07 Å². The summed E-state index contributed by atoms with van der Waals surface area (Å²) in [5.74, 6) is -0.125. The van der Waals surface area contributed by atoms with Crippen LogP contribution in [0, 0.1) is 11.3 Å². The van der Waals surface area contributed by atoms with Crippen LogP contribution in [0.4, 0.5) is 0 Å². The number of rotatable bonds is 1. The standard InChI is InChI=1S/C17H15ClN2O/c1-10-13(9-19)16(11-5-7-12(18)8-6-11)17-14(20-10)3-2-4-15(17)21/h5-8,16,20H,2-4H2,1H3. The summed E-state index contributed by atoms with van der Waals surface area (Å²) in [4.78, 5) is 12.4. The van der Waals surface area contributed by atoms with E-state index < -0.39 is 0 Å². The van der Waals surface area contributed by atoms with E-state index in [1.165, 1.54) is 0 Å². The minimum atomic E-state index is -0.267. The van der Waals surface area contributed by atoms with Crippen molar-refractivity contribution in [2.75, 3.05) is 0 Å². The summed E-state index contributed by atoms with van der Waals surface area (Å²) in [7, 11) is 0. The van der Waals surface area contributed by atoms with E-state index in [4.69, 9.17) is 11.6 Å². The molecule has 0 amide bonds. The van der Waals surface area contributed by atoms with Gasteiger partial charge in [-0.05, 0) is 37.5 Å². The minimum absolute atomic E-state index is 0.143. The monoisotopic (exact) mass is 298 g/mol. The first-order valence-electron chi connectivity index (χ1n) is 7.01. The van der Waals surface area contributed by atoms with Gasteiger partial charge >= 0.3 is 0 Å². The number of hydrogen-bond donors (Lipinski definition) is 1. The number of dihydropyridines is 1. The Labute approximate surface area is 128 Å². The van der Waals surface area contributed by atoms with Gasteiger partial charge in [-0.25, -0.2) is 0 Å². The third-order valence-electron chi connectivity index (χ3n) is 4.10. The van der Waals surface area contributed by atoms with Gasteiger partial charge in [0.2, 0.25) is 0 Å². The van der Waals surface area contributed by atoms with Crippen LogP contribution in [-0.2, 0) is 4.79 Å². The predicted octanol–water partition coefficient (Wildman–Crippen LogP) is 3.83. The molecule has 0 saturated heterocycles. The van der Waals surface area contributed by atoms with Crippen LogP contribution in [0.1, 0.15) is 37.7 Å². The number of nitrogens with zero attached hydrogens (tertiary/aromatic N) is 1. The third kappa shape index (κ3) is 2.36. The van der Waals surface area contributed by atoms with Crippen LogP contribution >= 0.6 is 11.6 Å². The summed E-state index contributed by atoms with van der Waals surface area (Å²) in [5, 5.41) is 13.4. The number of hydrogen-bond acceptors (Lipinski definition) is 3. The zero-order chi connectivity index (χ0) is 15.0. The Morgan fingerprint density at radius 3 is 2.67 bits per heavy atom. The summed E-state index contributed by atoms with van der Waals surface area (Å²) < 4.78 is 0. The van der Waals surface area contributed by atoms with Gasteiger partial charge in [0.1, 0.15) is 0 Å². The Bertz CT molecular complexity index is 707. The molecular formula is C17H15ClN2O. The highest BCUT2D eigenvalue weighted by molar-refractivity contribution is 6.30. The van der Waals surface area contributed by atoms with E-state index >= 15 is 0 Å². The first kappa shape index (κ1) is 13.9. The van der Waals surface area contributed by atoms with E-state index in [0.717, 1.165) is 35.4 Å². The second kappa shape index (κ2) is 5.38. The second-order valence-corrected chi connectivity index (χ2v) is 5.87. The molecule has 1 aliphatic heterocycles. The molecule has 0 saturated carbocycles. The van der Waals surface area contributed by atoms with Gasteiger partial charge in [-0.15, -0.1) is 0 Å². The number of nitriles is 1. The van der Waals surface area contributed by atoms with Gasteiger partial charge < -0.3 is 5.32 Å². The number of ketones is 1. The maximum absolute atomic E-state index is 12.4. The van der Waals surface area contributed by atoms with Gasteiger partial charge in [0.15, 0.2) is 5.78 Å². The van der Waals surface area contributed by atoms with E-state index in [1.54, 1.807) is 12.1 Å². The fourth-order valence-electron chi connectivity index (χ4n) is 3.12. The van der Waals surface area contributed by atoms with Gasteiger partial charge in [0.25, 0.3) is 0 Å². The lowest BCUT2D eigenvalue weighted by Gasteiger charge is -2.32. The quantitative estimate of drug-likeness (QED) is 0.857. The Hall–Kier alpha value is -2.05. The lowest BCUT2D eigenvalue weighted by atomic mass is 9.76. The van der Waals surface area contributed by atoms with Crippen LogP contribution in [-0.4, -0.2) is 5.78 Å². The number of halogens is 1. The van der Waals surface area contributed by atoms with Crippen molar-refractivity contribution in [3.63, 3.8) is 0 Å². The van der Waals surface area contributed by atoms with Gasteiger partial charge in [0, 0.05) is 28.4 Å². The lowest BCUT2D eigenvalue weighted by Crippen LogP contribution is -2.31. The summed E-state index contributed by atoms with van der Waals surface area (Å²) in [6.07, 6.45) is 2.29. The van der Waals surface area contributed by atoms with E-state index in [2.05, 4.69) is 11.4 Å². The molecule has 0 spiro atoms. The summed E-state index contributed by atoms with van der Waals surface area (Å²) in [5.41, 5.74) is 4.13. The third-order valence-corrected chi connectivity index (χ3v) is 4.35. The highest BCUT2D eigenvalue weighted by atomic mass is 35.5. The minimum Gasteiger partial charge on any atom is -0.361 e. The van der Waals surface area contributed by atoms with Crippen molar-refractivity contribution in [2.45, 2.75) is 32.1 Å². The molecule has 106 valence electrons. The molecule has 3 nitrogen and oxygen atoms in total. The van der Waals surface area contributed by atoms with Crippen molar-refractivity contribution in [1.82, 2.24) is 5.32 Å². The van der Waals surface area contributed by atoms with Gasteiger partial charge in [-0.2, -0.15) is 5.26 Å². The zero-order valence-corrected chi connectivity index (χ0v) is 12.5. The number of Topliss-reactive ketones (excluding diaryl/α,β-unsaturated/α-hetero) is 1. The smallest absolute Gasteiger partial charge is 0.161 e. The molecule has 0 radical (unpaired) electrons. The Balaban J connectivity index is 2.17. The number of benzene rings is 1. The largest absolute Gasteiger partial charge is 0.361 e. The van der Waals surface area contributed by atoms with Crippen LogP contribution in [0.3, 0.4) is 0 Å². The molecule has 0 bridgehead atoms. The number of allylic oxidation sites excluding steroid dienone is 4. The van der Waals surface area contributed by atoms with Crippen molar-refractivity contribution in [2.24, 2.45) is 0 Å². The predicted molar refractivity (Wildman–Crippen MR) is 81.5 cm³/mol. The fourth-order valence-corrected chi connectivity index (χ4v) is 3.25. The highest BCUT2D eigenvalue weighted by Gasteiger charge is 2.35. The van der Waals surface area contributed by atoms with Gasteiger partial charge in [0.05, 0.1) is 17.6 Å². The second-order valence-electron chi connectivity index (χ2n) is 5.43. The van der Waals surface area contributed by atoms with Crippen LogP contribution in [0.15, 0.2) is 46.8 Å². The Morgan fingerprint density at radius 1 is 1.29 bits per heavy atom. The average molecular weight is 299 g/mol. The SMILES string of the molecule is CC1=C(C#N)C(c2ccc(Cl)cc2)C2=C(CCCC2=O)N1. The van der Waals surface area contributed by atoms with Crippen molar-refractivity contribution < 1.29 is 4.79 Å². The summed E-state index contributed by atoms with van der Waals surface area (Å²) in [6.45, 7) is 1.89. The Kier molecular flexibility index (Phi) is 3.57. The summed E-state index contributed by atoms with van der Waals surface area (Å²) >= 11 is 5.95. The van der Waals surface area contributed by atoms with Crippen molar-refractivity contribution >= 4 is 17.4 Å². The molecule has 1 N–H and O–H groups in total. The average Bonchev–Trinajstić information content (AvgIpc) is 2.47. The molecule has 4 heteroatoms. The lowest BCUT2D eigenvalue weighted by molar-refractivity contribution is -0.116. The number of carbonyl (C=O) groups is 1. The van der Waals surface area contributed by atoms with E-state index in [1.807, 2.05) is 19.1 Å². The maximum Gasteiger partial charge on any atom is 0.161 e.